The van der Waals surface area contributed by atoms with Gasteiger partial charge in [0, 0.05) is 16.3 Å². The Bertz CT molecular complexity index is 907. The maximum Gasteiger partial charge on any atom is 0.375 e. The molecule has 6 heteroatoms. The number of carbonyl (C=O) groups excluding carboxylic acids is 2. The average Bonchev–Trinajstić information content (AvgIpc) is 3.18. The summed E-state index contributed by atoms with van der Waals surface area (Å²) in [5, 5.41) is 3.26. The van der Waals surface area contributed by atoms with Gasteiger partial charge in [-0.2, -0.15) is 0 Å². The molecule has 2 aromatic carbocycles. The van der Waals surface area contributed by atoms with Crippen LogP contribution in [0.3, 0.4) is 0 Å². The van der Waals surface area contributed by atoms with Crippen LogP contribution < -0.4 is 5.32 Å². The van der Waals surface area contributed by atoms with Gasteiger partial charge >= 0.3 is 5.97 Å². The average molecular weight is 370 g/mol. The Hall–Kier alpha value is -3.05. The molecule has 0 bridgehead atoms. The molecule has 0 spiro atoms. The molecular weight excluding hydrogens is 354 g/mol. The van der Waals surface area contributed by atoms with Gasteiger partial charge in [0.2, 0.25) is 11.9 Å². The molecule has 1 heterocycles. The Morgan fingerprint density at radius 3 is 2.50 bits per heavy atom. The lowest BCUT2D eigenvalue weighted by Gasteiger charge is -2.17. The molecule has 0 saturated carbocycles. The lowest BCUT2D eigenvalue weighted by Crippen LogP contribution is -2.25. The van der Waals surface area contributed by atoms with Gasteiger partial charge in [-0.3, -0.25) is 4.79 Å². The van der Waals surface area contributed by atoms with E-state index in [0.717, 1.165) is 5.56 Å². The van der Waals surface area contributed by atoms with Crippen LogP contribution in [-0.4, -0.2) is 11.9 Å². The van der Waals surface area contributed by atoms with Crippen molar-refractivity contribution in [3.63, 3.8) is 0 Å². The van der Waals surface area contributed by atoms with Crippen LogP contribution in [-0.2, 0) is 9.53 Å². The molecule has 0 aliphatic heterocycles. The second-order valence-electron chi connectivity index (χ2n) is 5.63. The van der Waals surface area contributed by atoms with Crippen LogP contribution in [0.15, 0.2) is 71.3 Å². The monoisotopic (exact) mass is 369 g/mol. The molecule has 0 saturated heterocycles. The fraction of sp³-hybridized carbons (Fsp3) is 0.100. The number of hydrogen-bond donors (Lipinski definition) is 1. The van der Waals surface area contributed by atoms with Crippen LogP contribution in [0, 0.1) is 6.92 Å². The molecule has 0 radical (unpaired) electrons. The first-order chi connectivity index (χ1) is 12.5. The third-order valence-electron chi connectivity index (χ3n) is 3.73. The lowest BCUT2D eigenvalue weighted by atomic mass is 10.1. The van der Waals surface area contributed by atoms with E-state index in [1.54, 1.807) is 48.5 Å². The number of anilines is 1. The minimum absolute atomic E-state index is 0.0251. The van der Waals surface area contributed by atoms with Gasteiger partial charge in [-0.15, -0.1) is 0 Å². The molecule has 0 aliphatic rings. The van der Waals surface area contributed by atoms with Gasteiger partial charge in [0.1, 0.15) is 0 Å². The summed E-state index contributed by atoms with van der Waals surface area (Å²) in [5.74, 6) is -1.19. The molecule has 3 rings (SSSR count). The van der Waals surface area contributed by atoms with Gasteiger partial charge in [0.05, 0.1) is 6.26 Å². The molecule has 1 N–H and O–H groups in total. The van der Waals surface area contributed by atoms with E-state index in [1.165, 1.54) is 12.3 Å². The second kappa shape index (κ2) is 7.89. The standard InChI is InChI=1S/C20H16ClNO4/c1-13-9-10-15(12-16(13)21)22-19(23)18(14-6-3-2-4-7-14)26-20(24)17-8-5-11-25-17/h2-12,18H,1H3,(H,22,23)/t18-/m0/s1. The van der Waals surface area contributed by atoms with Crippen molar-refractivity contribution in [3.05, 3.63) is 88.8 Å². The van der Waals surface area contributed by atoms with E-state index in [9.17, 15) is 9.59 Å². The number of benzene rings is 2. The molecule has 3 aromatic rings. The van der Waals surface area contributed by atoms with Crippen LogP contribution in [0.2, 0.25) is 5.02 Å². The summed E-state index contributed by atoms with van der Waals surface area (Å²) in [7, 11) is 0. The summed E-state index contributed by atoms with van der Waals surface area (Å²) in [6.07, 6.45) is 0.233. The molecule has 1 atom stereocenters. The Morgan fingerprint density at radius 2 is 1.85 bits per heavy atom. The zero-order valence-corrected chi connectivity index (χ0v) is 14.7. The molecule has 0 unspecified atom stereocenters. The Labute approximate surface area is 155 Å². The molecule has 5 nitrogen and oxygen atoms in total. The first-order valence-corrected chi connectivity index (χ1v) is 8.29. The van der Waals surface area contributed by atoms with Crippen LogP contribution >= 0.6 is 11.6 Å². The van der Waals surface area contributed by atoms with Gasteiger partial charge in [-0.05, 0) is 36.8 Å². The molecule has 132 valence electrons. The van der Waals surface area contributed by atoms with Crippen molar-refractivity contribution in [1.29, 1.82) is 0 Å². The van der Waals surface area contributed by atoms with Crippen molar-refractivity contribution >= 4 is 29.2 Å². The number of carbonyl (C=O) groups is 2. The van der Waals surface area contributed by atoms with E-state index >= 15 is 0 Å². The first-order valence-electron chi connectivity index (χ1n) is 7.91. The second-order valence-corrected chi connectivity index (χ2v) is 6.03. The zero-order valence-electron chi connectivity index (χ0n) is 13.9. The minimum Gasteiger partial charge on any atom is -0.457 e. The molecule has 1 amide bonds. The maximum absolute atomic E-state index is 12.8. The third-order valence-corrected chi connectivity index (χ3v) is 4.13. The molecule has 0 fully saturated rings. The highest BCUT2D eigenvalue weighted by Gasteiger charge is 2.26. The highest BCUT2D eigenvalue weighted by molar-refractivity contribution is 6.31. The first kappa shape index (κ1) is 17.8. The van der Waals surface area contributed by atoms with Crippen molar-refractivity contribution in [2.75, 3.05) is 5.32 Å². The van der Waals surface area contributed by atoms with E-state index in [2.05, 4.69) is 5.32 Å². The minimum atomic E-state index is -1.13. The highest BCUT2D eigenvalue weighted by atomic mass is 35.5. The summed E-state index contributed by atoms with van der Waals surface area (Å²) in [6, 6.07) is 17.0. The van der Waals surface area contributed by atoms with Crippen molar-refractivity contribution in [1.82, 2.24) is 0 Å². The van der Waals surface area contributed by atoms with Crippen molar-refractivity contribution in [2.45, 2.75) is 13.0 Å². The number of furan rings is 1. The summed E-state index contributed by atoms with van der Waals surface area (Å²) in [5.41, 5.74) is 1.96. The van der Waals surface area contributed by atoms with E-state index in [-0.39, 0.29) is 5.76 Å². The lowest BCUT2D eigenvalue weighted by molar-refractivity contribution is -0.125. The van der Waals surface area contributed by atoms with Crippen LogP contribution in [0.25, 0.3) is 0 Å². The maximum atomic E-state index is 12.8. The predicted molar refractivity (Wildman–Crippen MR) is 98.1 cm³/mol. The van der Waals surface area contributed by atoms with E-state index in [1.807, 2.05) is 13.0 Å². The molecule has 0 aliphatic carbocycles. The number of rotatable bonds is 5. The van der Waals surface area contributed by atoms with Gasteiger partial charge in [0.15, 0.2) is 0 Å². The van der Waals surface area contributed by atoms with Crippen molar-refractivity contribution < 1.29 is 18.7 Å². The third kappa shape index (κ3) is 4.13. The van der Waals surface area contributed by atoms with E-state index in [4.69, 9.17) is 20.8 Å². The fourth-order valence-electron chi connectivity index (χ4n) is 2.34. The Morgan fingerprint density at radius 1 is 1.08 bits per heavy atom. The Balaban J connectivity index is 1.83. The largest absolute Gasteiger partial charge is 0.457 e. The zero-order chi connectivity index (χ0) is 18.5. The van der Waals surface area contributed by atoms with Crippen molar-refractivity contribution in [3.8, 4) is 0 Å². The summed E-state index contributed by atoms with van der Waals surface area (Å²) < 4.78 is 10.4. The van der Waals surface area contributed by atoms with Gasteiger partial charge in [-0.25, -0.2) is 4.79 Å². The molecular formula is C20H16ClNO4. The number of amides is 1. The quantitative estimate of drug-likeness (QED) is 0.657. The van der Waals surface area contributed by atoms with Gasteiger partial charge in [-0.1, -0.05) is 48.0 Å². The number of esters is 1. The van der Waals surface area contributed by atoms with Crippen LogP contribution in [0.4, 0.5) is 5.69 Å². The highest BCUT2D eigenvalue weighted by Crippen LogP contribution is 2.24. The van der Waals surface area contributed by atoms with Crippen LogP contribution in [0.1, 0.15) is 27.8 Å². The molecule has 26 heavy (non-hydrogen) atoms. The summed E-state index contributed by atoms with van der Waals surface area (Å²) in [6.45, 7) is 1.87. The van der Waals surface area contributed by atoms with Crippen molar-refractivity contribution in [2.24, 2.45) is 0 Å². The summed E-state index contributed by atoms with van der Waals surface area (Å²) >= 11 is 6.10. The van der Waals surface area contributed by atoms with E-state index in [0.29, 0.717) is 16.3 Å². The fourth-order valence-corrected chi connectivity index (χ4v) is 2.52. The van der Waals surface area contributed by atoms with Crippen LogP contribution in [0.5, 0.6) is 0 Å². The van der Waals surface area contributed by atoms with Gasteiger partial charge < -0.3 is 14.5 Å². The smallest absolute Gasteiger partial charge is 0.375 e. The SMILES string of the molecule is Cc1ccc(NC(=O)[C@@H](OC(=O)c2ccco2)c2ccccc2)cc1Cl. The normalized spacial score (nSPS) is 11.6. The predicted octanol–water partition coefficient (Wildman–Crippen LogP) is 4.78. The number of nitrogens with one attached hydrogen (secondary N) is 1. The Kier molecular flexibility index (Phi) is 5.39. The van der Waals surface area contributed by atoms with E-state index < -0.39 is 18.0 Å². The van der Waals surface area contributed by atoms with Gasteiger partial charge in [0.25, 0.3) is 5.91 Å². The number of hydrogen-bond acceptors (Lipinski definition) is 4. The number of aryl methyl sites for hydroxylation is 1. The number of ether oxygens (including phenoxy) is 1. The summed E-state index contributed by atoms with van der Waals surface area (Å²) in [4.78, 5) is 25.0. The molecule has 1 aromatic heterocycles. The topological polar surface area (TPSA) is 68.5 Å². The number of halogens is 1.